The Morgan fingerprint density at radius 2 is 1.64 bits per heavy atom. The van der Waals surface area contributed by atoms with Crippen molar-refractivity contribution in [2.45, 2.75) is 25.2 Å². The summed E-state index contributed by atoms with van der Waals surface area (Å²) in [6.07, 6.45) is 0.557. The smallest absolute Gasteiger partial charge is 0.336 e. The number of esters is 1. The Hall–Kier alpha value is -3.82. The van der Waals surface area contributed by atoms with Gasteiger partial charge in [0.1, 0.15) is 5.92 Å². The highest BCUT2D eigenvalue weighted by molar-refractivity contribution is 6.30. The topological polar surface area (TPSA) is 97.7 Å². The maximum atomic E-state index is 13.8. The highest BCUT2D eigenvalue weighted by atomic mass is 35.5. The van der Waals surface area contributed by atoms with E-state index in [1.54, 1.807) is 31.2 Å². The molecule has 9 heteroatoms. The molecule has 2 heterocycles. The van der Waals surface area contributed by atoms with E-state index < -0.39 is 23.8 Å². The quantitative estimate of drug-likeness (QED) is 0.184. The molecule has 5 rings (SSSR count). The van der Waals surface area contributed by atoms with Crippen molar-refractivity contribution in [1.29, 1.82) is 0 Å². The number of carboxylic acid groups (broad SMARTS) is 1. The molecule has 2 atom stereocenters. The first-order valence-electron chi connectivity index (χ1n) is 15.3. The first-order chi connectivity index (χ1) is 21.9. The van der Waals surface area contributed by atoms with Gasteiger partial charge in [-0.15, -0.1) is 0 Å². The molecule has 45 heavy (non-hydrogen) atoms. The number of ether oxygens (including phenoxy) is 3. The van der Waals surface area contributed by atoms with Crippen molar-refractivity contribution >= 4 is 29.3 Å². The molecule has 0 spiro atoms. The van der Waals surface area contributed by atoms with E-state index in [0.29, 0.717) is 54.8 Å². The lowest BCUT2D eigenvalue weighted by atomic mass is 9.75. The van der Waals surface area contributed by atoms with Crippen molar-refractivity contribution in [3.8, 4) is 0 Å². The van der Waals surface area contributed by atoms with E-state index in [4.69, 9.17) is 25.8 Å². The molecule has 3 aromatic carbocycles. The Morgan fingerprint density at radius 1 is 0.978 bits per heavy atom. The van der Waals surface area contributed by atoms with Crippen LogP contribution in [0.1, 0.15) is 41.9 Å². The molecule has 0 aromatic heterocycles. The number of carbonyl (C=O) groups excluding carboxylic acids is 1. The molecule has 1 fully saturated rings. The number of carbonyl (C=O) groups is 2. The average molecular weight is 631 g/mol. The van der Waals surface area contributed by atoms with Gasteiger partial charge >= 0.3 is 11.9 Å². The van der Waals surface area contributed by atoms with E-state index in [0.717, 1.165) is 24.2 Å². The summed E-state index contributed by atoms with van der Waals surface area (Å²) in [5, 5.41) is 10.9. The van der Waals surface area contributed by atoms with Gasteiger partial charge in [0, 0.05) is 42.2 Å². The number of morpholine rings is 1. The Morgan fingerprint density at radius 3 is 2.27 bits per heavy atom. The number of aliphatic imine (C=N–C) groups is 1. The van der Waals surface area contributed by atoms with Gasteiger partial charge in [-0.1, -0.05) is 84.4 Å². The van der Waals surface area contributed by atoms with Crippen molar-refractivity contribution in [1.82, 2.24) is 4.90 Å². The van der Waals surface area contributed by atoms with Crippen LogP contribution in [-0.2, 0) is 23.8 Å². The molecule has 1 saturated heterocycles. The molecule has 0 radical (unpaired) electrons. The Bertz CT molecular complexity index is 1460. The van der Waals surface area contributed by atoms with Gasteiger partial charge in [0.15, 0.2) is 0 Å². The average Bonchev–Trinajstić information content (AvgIpc) is 3.05. The molecule has 1 N–H and O–H groups in total. The summed E-state index contributed by atoms with van der Waals surface area (Å²) in [7, 11) is 0. The van der Waals surface area contributed by atoms with Crippen LogP contribution in [0.5, 0.6) is 0 Å². The maximum absolute atomic E-state index is 13.8. The van der Waals surface area contributed by atoms with E-state index in [2.05, 4.69) is 34.2 Å². The first-order valence-corrected chi connectivity index (χ1v) is 15.7. The number of hydrogen-bond acceptors (Lipinski definition) is 7. The molecule has 0 saturated carbocycles. The predicted molar refractivity (Wildman–Crippen MR) is 174 cm³/mol. The number of nitrogens with zero attached hydrogens (tertiary/aromatic N) is 2. The van der Waals surface area contributed by atoms with Crippen molar-refractivity contribution in [3.05, 3.63) is 118 Å². The molecule has 0 bridgehead atoms. The lowest BCUT2D eigenvalue weighted by molar-refractivity contribution is -0.141. The van der Waals surface area contributed by atoms with E-state index in [-0.39, 0.29) is 24.7 Å². The Labute approximate surface area is 269 Å². The monoisotopic (exact) mass is 630 g/mol. The fourth-order valence-corrected chi connectivity index (χ4v) is 6.31. The fourth-order valence-electron chi connectivity index (χ4n) is 6.11. The summed E-state index contributed by atoms with van der Waals surface area (Å²) < 4.78 is 17.2. The van der Waals surface area contributed by atoms with Gasteiger partial charge in [0.25, 0.3) is 0 Å². The molecular formula is C36H39ClN2O6. The van der Waals surface area contributed by atoms with E-state index in [1.165, 1.54) is 0 Å². The fraction of sp³-hybridized carbons (Fsp3) is 0.361. The molecule has 0 amide bonds. The zero-order valence-corrected chi connectivity index (χ0v) is 26.2. The van der Waals surface area contributed by atoms with Crippen LogP contribution in [0.2, 0.25) is 5.02 Å². The SMILES string of the molecule is CC1=C(C(=O)OCCC(c2ccccc2)c2ccccc2)C(c2cccc(Cl)c2)C(C(=O)O)C(COCCN2CCOCC2)=N1. The molecule has 8 nitrogen and oxygen atoms in total. The first kappa shape index (κ1) is 32.6. The highest BCUT2D eigenvalue weighted by Crippen LogP contribution is 2.40. The second-order valence-corrected chi connectivity index (χ2v) is 11.7. The summed E-state index contributed by atoms with van der Waals surface area (Å²) in [5.41, 5.74) is 3.84. The van der Waals surface area contributed by atoms with Gasteiger partial charge in [-0.3, -0.25) is 14.7 Å². The minimum absolute atomic E-state index is 0.0244. The molecule has 0 aliphatic carbocycles. The number of benzene rings is 3. The summed E-state index contributed by atoms with van der Waals surface area (Å²) in [5.74, 6) is -3.62. The standard InChI is InChI=1S/C36H39ClN2O6/c1-25-32(36(42)45-19-15-30(26-9-4-2-5-10-26)27-11-6-3-7-12-27)33(28-13-8-14-29(37)23-28)34(35(40)41)31(38-25)24-44-22-18-39-16-20-43-21-17-39/h2-14,23,30,33-34H,15-22,24H2,1H3,(H,40,41). The van der Waals surface area contributed by atoms with Crippen LogP contribution >= 0.6 is 11.6 Å². The minimum atomic E-state index is -1.13. The predicted octanol–water partition coefficient (Wildman–Crippen LogP) is 5.97. The van der Waals surface area contributed by atoms with Crippen LogP contribution < -0.4 is 0 Å². The summed E-state index contributed by atoms with van der Waals surface area (Å²) in [6, 6.07) is 27.2. The van der Waals surface area contributed by atoms with Gasteiger partial charge in [0.2, 0.25) is 0 Å². The van der Waals surface area contributed by atoms with Crippen molar-refractivity contribution in [3.63, 3.8) is 0 Å². The van der Waals surface area contributed by atoms with Gasteiger partial charge in [-0.05, 0) is 42.2 Å². The Balaban J connectivity index is 1.36. The normalized spacial score (nSPS) is 19.0. The third-order valence-electron chi connectivity index (χ3n) is 8.35. The molecular weight excluding hydrogens is 592 g/mol. The van der Waals surface area contributed by atoms with Gasteiger partial charge in [0.05, 0.1) is 44.3 Å². The van der Waals surface area contributed by atoms with Gasteiger partial charge < -0.3 is 19.3 Å². The largest absolute Gasteiger partial charge is 0.481 e. The maximum Gasteiger partial charge on any atom is 0.336 e. The van der Waals surface area contributed by atoms with Crippen LogP contribution in [0.25, 0.3) is 0 Å². The van der Waals surface area contributed by atoms with Crippen LogP contribution in [0, 0.1) is 5.92 Å². The van der Waals surface area contributed by atoms with Crippen molar-refractivity contribution in [2.24, 2.45) is 10.9 Å². The summed E-state index contributed by atoms with van der Waals surface area (Å²) in [4.78, 5) is 33.5. The second-order valence-electron chi connectivity index (χ2n) is 11.3. The van der Waals surface area contributed by atoms with Crippen LogP contribution in [0.3, 0.4) is 0 Å². The van der Waals surface area contributed by atoms with E-state index in [1.807, 2.05) is 36.4 Å². The molecule has 3 aromatic rings. The van der Waals surface area contributed by atoms with Gasteiger partial charge in [-0.25, -0.2) is 4.79 Å². The van der Waals surface area contributed by atoms with E-state index >= 15 is 0 Å². The third kappa shape index (κ3) is 8.47. The number of rotatable bonds is 13. The molecule has 2 aliphatic rings. The van der Waals surface area contributed by atoms with Crippen LogP contribution in [0.4, 0.5) is 0 Å². The lowest BCUT2D eigenvalue weighted by Crippen LogP contribution is -2.40. The zero-order chi connectivity index (χ0) is 31.6. The summed E-state index contributed by atoms with van der Waals surface area (Å²) >= 11 is 6.35. The highest BCUT2D eigenvalue weighted by Gasteiger charge is 2.43. The molecule has 236 valence electrons. The van der Waals surface area contributed by atoms with Crippen LogP contribution in [-0.4, -0.2) is 80.3 Å². The number of allylic oxidation sites excluding steroid dienone is 1. The van der Waals surface area contributed by atoms with Crippen molar-refractivity contribution in [2.75, 3.05) is 52.7 Å². The number of carboxylic acids is 1. The van der Waals surface area contributed by atoms with Crippen LogP contribution in [0.15, 0.2) is 101 Å². The molecule has 2 aliphatic heterocycles. The second kappa shape index (κ2) is 16.0. The number of aliphatic carboxylic acids is 1. The van der Waals surface area contributed by atoms with Crippen molar-refractivity contribution < 1.29 is 28.9 Å². The zero-order valence-electron chi connectivity index (χ0n) is 25.4. The third-order valence-corrected chi connectivity index (χ3v) is 8.58. The van der Waals surface area contributed by atoms with Gasteiger partial charge in [-0.2, -0.15) is 0 Å². The Kier molecular flexibility index (Phi) is 11.5. The minimum Gasteiger partial charge on any atom is -0.481 e. The lowest BCUT2D eigenvalue weighted by Gasteiger charge is -2.32. The molecule has 2 unspecified atom stereocenters. The number of hydrogen-bond donors (Lipinski definition) is 1. The number of halogens is 1. The van der Waals surface area contributed by atoms with E-state index in [9.17, 15) is 14.7 Å². The summed E-state index contributed by atoms with van der Waals surface area (Å²) in [6.45, 7) is 6.09.